The van der Waals surface area contributed by atoms with E-state index >= 15 is 0 Å². The number of hydrogen-bond acceptors (Lipinski definition) is 5. The van der Waals surface area contributed by atoms with E-state index in [1.165, 1.54) is 29.8 Å². The number of carbonyl (C=O) groups excluding carboxylic acids is 1. The van der Waals surface area contributed by atoms with E-state index in [9.17, 15) is 19.8 Å². The van der Waals surface area contributed by atoms with Crippen molar-refractivity contribution in [1.82, 2.24) is 9.97 Å². The molecule has 4 aromatic rings. The second kappa shape index (κ2) is 10.7. The highest BCUT2D eigenvalue weighted by atomic mass is 16.4. The lowest BCUT2D eigenvalue weighted by atomic mass is 9.86. The lowest BCUT2D eigenvalue weighted by Gasteiger charge is -2.19. The topological polar surface area (TPSA) is 100 Å². The maximum absolute atomic E-state index is 12.5. The summed E-state index contributed by atoms with van der Waals surface area (Å²) in [5.74, 6) is -1.51. The molecular formula is C31H30N2O4. The van der Waals surface area contributed by atoms with Crippen molar-refractivity contribution in [2.75, 3.05) is 0 Å². The third kappa shape index (κ3) is 6.47. The van der Waals surface area contributed by atoms with Crippen LogP contribution in [0.5, 0.6) is 5.75 Å². The van der Waals surface area contributed by atoms with Gasteiger partial charge in [-0.2, -0.15) is 0 Å². The fraction of sp³-hybridized carbons (Fsp3) is 0.226. The molecule has 6 heteroatoms. The zero-order valence-corrected chi connectivity index (χ0v) is 21.2. The van der Waals surface area contributed by atoms with Crippen molar-refractivity contribution in [1.29, 1.82) is 0 Å². The number of phenols is 1. The number of aromatic nitrogens is 2. The number of carboxylic acid groups (broad SMARTS) is 1. The van der Waals surface area contributed by atoms with Gasteiger partial charge in [0, 0.05) is 35.5 Å². The monoisotopic (exact) mass is 494 g/mol. The summed E-state index contributed by atoms with van der Waals surface area (Å²) in [6, 6.07) is 21.7. The van der Waals surface area contributed by atoms with Crippen molar-refractivity contribution in [3.8, 4) is 28.3 Å². The third-order valence-electron chi connectivity index (χ3n) is 6.40. The summed E-state index contributed by atoms with van der Waals surface area (Å²) in [4.78, 5) is 33.4. The molecule has 0 radical (unpaired) electrons. The van der Waals surface area contributed by atoms with Gasteiger partial charge in [0.25, 0.3) is 0 Å². The number of ketones is 1. The van der Waals surface area contributed by atoms with Gasteiger partial charge in [0.15, 0.2) is 11.6 Å². The Morgan fingerprint density at radius 1 is 0.784 bits per heavy atom. The van der Waals surface area contributed by atoms with Crippen LogP contribution in [0.2, 0.25) is 0 Å². The molecule has 0 unspecified atom stereocenters. The minimum Gasteiger partial charge on any atom is -0.508 e. The quantitative estimate of drug-likeness (QED) is 0.278. The largest absolute Gasteiger partial charge is 0.508 e. The Labute approximate surface area is 216 Å². The summed E-state index contributed by atoms with van der Waals surface area (Å²) in [5, 5.41) is 19.1. The first kappa shape index (κ1) is 25.8. The number of rotatable bonds is 8. The summed E-state index contributed by atoms with van der Waals surface area (Å²) in [6.07, 6.45) is 3.71. The van der Waals surface area contributed by atoms with Gasteiger partial charge >= 0.3 is 5.97 Å². The van der Waals surface area contributed by atoms with E-state index in [2.05, 4.69) is 55.0 Å². The number of phenolic OH excluding ortho intramolecular Hbond substituents is 1. The van der Waals surface area contributed by atoms with Crippen LogP contribution >= 0.6 is 0 Å². The number of carbonyl (C=O) groups is 2. The van der Waals surface area contributed by atoms with E-state index in [-0.39, 0.29) is 29.8 Å². The molecule has 0 bridgehead atoms. The number of aliphatic carboxylic acids is 1. The molecule has 6 nitrogen and oxygen atoms in total. The zero-order chi connectivity index (χ0) is 26.6. The fourth-order valence-electron chi connectivity index (χ4n) is 4.10. The molecule has 188 valence electrons. The number of aromatic hydroxyl groups is 1. The van der Waals surface area contributed by atoms with Crippen LogP contribution in [0.4, 0.5) is 0 Å². The molecule has 0 saturated carbocycles. The lowest BCUT2D eigenvalue weighted by molar-refractivity contribution is -0.141. The Morgan fingerprint density at radius 3 is 1.89 bits per heavy atom. The van der Waals surface area contributed by atoms with Crippen molar-refractivity contribution < 1.29 is 19.8 Å². The van der Waals surface area contributed by atoms with Gasteiger partial charge in [0.05, 0.1) is 5.92 Å². The normalized spacial score (nSPS) is 12.2. The minimum absolute atomic E-state index is 0.0554. The zero-order valence-electron chi connectivity index (χ0n) is 21.2. The molecule has 2 N–H and O–H groups in total. The smallest absolute Gasteiger partial charge is 0.307 e. The Bertz CT molecular complexity index is 1370. The van der Waals surface area contributed by atoms with Gasteiger partial charge < -0.3 is 10.2 Å². The molecule has 0 aliphatic rings. The molecule has 0 saturated heterocycles. The summed E-state index contributed by atoms with van der Waals surface area (Å²) < 4.78 is 0. The maximum Gasteiger partial charge on any atom is 0.307 e. The van der Waals surface area contributed by atoms with Crippen LogP contribution in [0.3, 0.4) is 0 Å². The second-order valence-electron chi connectivity index (χ2n) is 10.2. The van der Waals surface area contributed by atoms with E-state index < -0.39 is 11.9 Å². The number of carboxylic acids is 1. The van der Waals surface area contributed by atoms with Crippen molar-refractivity contribution in [3.63, 3.8) is 0 Å². The molecule has 1 atom stereocenters. The summed E-state index contributed by atoms with van der Waals surface area (Å²) in [7, 11) is 0. The fourth-order valence-corrected chi connectivity index (χ4v) is 4.10. The molecule has 0 amide bonds. The van der Waals surface area contributed by atoms with E-state index in [1.807, 2.05) is 24.3 Å². The summed E-state index contributed by atoms with van der Waals surface area (Å²) in [6.45, 7) is 6.55. The number of nitrogens with zero attached hydrogens (tertiary/aromatic N) is 2. The van der Waals surface area contributed by atoms with Crippen molar-refractivity contribution >= 4 is 11.8 Å². The summed E-state index contributed by atoms with van der Waals surface area (Å²) in [5.41, 5.74) is 5.36. The Hall–Kier alpha value is -4.32. The van der Waals surface area contributed by atoms with Crippen LogP contribution in [0, 0.1) is 5.92 Å². The van der Waals surface area contributed by atoms with Crippen LogP contribution in [0.25, 0.3) is 22.5 Å². The van der Waals surface area contributed by atoms with Gasteiger partial charge in [-0.05, 0) is 52.8 Å². The molecule has 1 aromatic heterocycles. The summed E-state index contributed by atoms with van der Waals surface area (Å²) >= 11 is 0. The molecule has 4 rings (SSSR count). The van der Waals surface area contributed by atoms with Crippen LogP contribution in [0.1, 0.15) is 48.7 Å². The van der Waals surface area contributed by atoms with E-state index in [1.54, 1.807) is 12.4 Å². The molecule has 0 aliphatic heterocycles. The molecule has 0 fully saturated rings. The predicted octanol–water partition coefficient (Wildman–Crippen LogP) is 6.33. The molecule has 0 spiro atoms. The van der Waals surface area contributed by atoms with Crippen LogP contribution in [-0.2, 0) is 16.6 Å². The highest BCUT2D eigenvalue weighted by molar-refractivity contribution is 5.98. The van der Waals surface area contributed by atoms with Crippen LogP contribution in [0.15, 0.2) is 85.2 Å². The first-order valence-electron chi connectivity index (χ1n) is 12.2. The van der Waals surface area contributed by atoms with Gasteiger partial charge in [0.1, 0.15) is 5.75 Å². The molecule has 0 aliphatic carbocycles. The number of hydrogen-bond donors (Lipinski definition) is 2. The number of benzene rings is 3. The average Bonchev–Trinajstić information content (AvgIpc) is 2.89. The highest BCUT2D eigenvalue weighted by Crippen LogP contribution is 2.27. The van der Waals surface area contributed by atoms with Crippen LogP contribution < -0.4 is 0 Å². The standard InChI is InChI=1S/C31H30N2O4/c1-31(2,3)26-12-8-21(9-13-26)25-18-32-29(33-19-25)23-6-4-20(5-7-23)16-24(30(36)37)17-28(35)22-10-14-27(34)15-11-22/h4-15,18-19,24,34H,16-17H2,1-3H3,(H,36,37)/t24-/m1/s1. The molecule has 1 heterocycles. The molecular weight excluding hydrogens is 464 g/mol. The van der Waals surface area contributed by atoms with Crippen molar-refractivity contribution in [3.05, 3.63) is 102 Å². The van der Waals surface area contributed by atoms with Gasteiger partial charge in [-0.1, -0.05) is 69.3 Å². The third-order valence-corrected chi connectivity index (χ3v) is 6.40. The van der Waals surface area contributed by atoms with E-state index in [4.69, 9.17) is 0 Å². The lowest BCUT2D eigenvalue weighted by Crippen LogP contribution is -2.20. The highest BCUT2D eigenvalue weighted by Gasteiger charge is 2.22. The van der Waals surface area contributed by atoms with Gasteiger partial charge in [-0.15, -0.1) is 0 Å². The van der Waals surface area contributed by atoms with E-state index in [0.29, 0.717) is 11.4 Å². The minimum atomic E-state index is -1.02. The molecule has 37 heavy (non-hydrogen) atoms. The Kier molecular flexibility index (Phi) is 7.48. The molecule has 3 aromatic carbocycles. The van der Waals surface area contributed by atoms with Gasteiger partial charge in [-0.3, -0.25) is 9.59 Å². The predicted molar refractivity (Wildman–Crippen MR) is 143 cm³/mol. The maximum atomic E-state index is 12.5. The SMILES string of the molecule is CC(C)(C)c1ccc(-c2cnc(-c3ccc(C[C@H](CC(=O)c4ccc(O)cc4)C(=O)O)cc3)nc2)cc1. The van der Waals surface area contributed by atoms with Crippen molar-refractivity contribution in [2.24, 2.45) is 5.92 Å². The van der Waals surface area contributed by atoms with E-state index in [0.717, 1.165) is 22.3 Å². The Balaban J connectivity index is 1.42. The second-order valence-corrected chi connectivity index (χ2v) is 10.2. The average molecular weight is 495 g/mol. The van der Waals surface area contributed by atoms with Gasteiger partial charge in [-0.25, -0.2) is 9.97 Å². The van der Waals surface area contributed by atoms with Gasteiger partial charge in [0.2, 0.25) is 0 Å². The Morgan fingerprint density at radius 2 is 1.35 bits per heavy atom. The first-order chi connectivity index (χ1) is 17.6. The van der Waals surface area contributed by atoms with Crippen LogP contribution in [-0.4, -0.2) is 31.9 Å². The van der Waals surface area contributed by atoms with Crippen molar-refractivity contribution in [2.45, 2.75) is 39.0 Å². The number of Topliss-reactive ketones (excluding diaryl/α,β-unsaturated/α-hetero) is 1. The first-order valence-corrected chi connectivity index (χ1v) is 12.2.